The lowest BCUT2D eigenvalue weighted by atomic mass is 10.2. The second-order valence-electron chi connectivity index (χ2n) is 5.19. The Morgan fingerprint density at radius 3 is 2.48 bits per heavy atom. The molecule has 0 heterocycles. The Bertz CT molecular complexity index is 843. The number of primary amides is 1. The summed E-state index contributed by atoms with van der Waals surface area (Å²) in [7, 11) is 2.88. The Balaban J connectivity index is 2.20. The van der Waals surface area contributed by atoms with Crippen LogP contribution in [0.1, 0.15) is 5.56 Å². The lowest BCUT2D eigenvalue weighted by molar-refractivity contribution is -0.384. The van der Waals surface area contributed by atoms with Gasteiger partial charge in [0, 0.05) is 17.7 Å². The number of methoxy groups -OCH3 is 2. The highest BCUT2D eigenvalue weighted by molar-refractivity contribution is 5.83. The van der Waals surface area contributed by atoms with Crippen molar-refractivity contribution in [2.75, 3.05) is 26.3 Å². The van der Waals surface area contributed by atoms with Crippen LogP contribution in [-0.2, 0) is 4.79 Å². The van der Waals surface area contributed by atoms with Crippen LogP contribution in [0.5, 0.6) is 17.2 Å². The second-order valence-corrected chi connectivity index (χ2v) is 5.19. The molecule has 0 aliphatic carbocycles. The molecule has 0 spiro atoms. The fourth-order valence-electron chi connectivity index (χ4n) is 2.13. The van der Waals surface area contributed by atoms with Crippen molar-refractivity contribution in [3.05, 3.63) is 52.1 Å². The number of ether oxygens (including phenoxy) is 3. The highest BCUT2D eigenvalue weighted by Crippen LogP contribution is 2.38. The van der Waals surface area contributed by atoms with Crippen molar-refractivity contribution in [1.29, 1.82) is 0 Å². The van der Waals surface area contributed by atoms with Crippen LogP contribution in [0, 0.1) is 10.1 Å². The molecule has 0 aliphatic rings. The molecule has 0 unspecified atom stereocenters. The highest BCUT2D eigenvalue weighted by atomic mass is 16.6. The molecule has 0 atom stereocenters. The minimum absolute atomic E-state index is 0.0468. The lowest BCUT2D eigenvalue weighted by Gasteiger charge is -2.14. The van der Waals surface area contributed by atoms with Gasteiger partial charge in [0.15, 0.2) is 18.1 Å². The van der Waals surface area contributed by atoms with E-state index in [1.807, 2.05) is 0 Å². The van der Waals surface area contributed by atoms with Crippen LogP contribution in [0.2, 0.25) is 0 Å². The van der Waals surface area contributed by atoms with Crippen molar-refractivity contribution in [2.45, 2.75) is 0 Å². The number of benzene rings is 2. The molecule has 0 aromatic heterocycles. The van der Waals surface area contributed by atoms with Crippen LogP contribution in [-0.4, -0.2) is 37.9 Å². The molecule has 1 amide bonds. The monoisotopic (exact) mass is 374 g/mol. The summed E-state index contributed by atoms with van der Waals surface area (Å²) < 4.78 is 15.8. The molecule has 0 radical (unpaired) electrons. The van der Waals surface area contributed by atoms with E-state index >= 15 is 0 Å². The van der Waals surface area contributed by atoms with E-state index in [0.29, 0.717) is 22.7 Å². The van der Waals surface area contributed by atoms with Gasteiger partial charge in [0.1, 0.15) is 0 Å². The minimum Gasteiger partial charge on any atom is -0.493 e. The van der Waals surface area contributed by atoms with Gasteiger partial charge in [-0.3, -0.25) is 20.3 Å². The number of anilines is 1. The van der Waals surface area contributed by atoms with Gasteiger partial charge in [-0.25, -0.2) is 0 Å². The number of rotatable bonds is 9. The standard InChI is InChI=1S/C17H18N4O6/c1-25-14-6-11(7-15(26-2)17(14)27-10-16(18)22)9-19-20-12-4-3-5-13(8-12)21(23)24/h3-9,20H,10H2,1-2H3,(H2,18,22)/b19-9-. The van der Waals surface area contributed by atoms with E-state index in [1.165, 1.54) is 32.6 Å². The Morgan fingerprint density at radius 2 is 1.93 bits per heavy atom. The Kier molecular flexibility index (Phi) is 6.53. The number of nitro benzene ring substituents is 1. The zero-order valence-corrected chi connectivity index (χ0v) is 14.7. The van der Waals surface area contributed by atoms with Gasteiger partial charge >= 0.3 is 0 Å². The number of hydrazone groups is 1. The van der Waals surface area contributed by atoms with E-state index in [0.717, 1.165) is 0 Å². The number of amides is 1. The number of hydrogen-bond donors (Lipinski definition) is 2. The van der Waals surface area contributed by atoms with Crippen molar-refractivity contribution in [3.8, 4) is 17.2 Å². The largest absolute Gasteiger partial charge is 0.493 e. The highest BCUT2D eigenvalue weighted by Gasteiger charge is 2.14. The van der Waals surface area contributed by atoms with Crippen LogP contribution < -0.4 is 25.4 Å². The fourth-order valence-corrected chi connectivity index (χ4v) is 2.13. The number of non-ortho nitro benzene ring substituents is 1. The number of nitrogens with two attached hydrogens (primary N) is 1. The number of carbonyl (C=O) groups excluding carboxylic acids is 1. The van der Waals surface area contributed by atoms with Gasteiger partial charge in [-0.2, -0.15) is 5.10 Å². The molecule has 10 heteroatoms. The quantitative estimate of drug-likeness (QED) is 0.388. The third kappa shape index (κ3) is 5.33. The van der Waals surface area contributed by atoms with Crippen LogP contribution >= 0.6 is 0 Å². The van der Waals surface area contributed by atoms with Gasteiger partial charge in [-0.05, 0) is 18.2 Å². The first-order valence-electron chi connectivity index (χ1n) is 7.65. The number of hydrogen-bond acceptors (Lipinski definition) is 8. The number of nitrogens with zero attached hydrogens (tertiary/aromatic N) is 2. The van der Waals surface area contributed by atoms with Crippen LogP contribution in [0.15, 0.2) is 41.5 Å². The summed E-state index contributed by atoms with van der Waals surface area (Å²) in [5.74, 6) is 0.258. The second kappa shape index (κ2) is 9.04. The predicted octanol–water partition coefficient (Wildman–Crippen LogP) is 1.92. The van der Waals surface area contributed by atoms with Crippen molar-refractivity contribution in [1.82, 2.24) is 0 Å². The van der Waals surface area contributed by atoms with E-state index in [9.17, 15) is 14.9 Å². The first kappa shape index (κ1) is 19.5. The SMILES string of the molecule is COc1cc(/C=N\Nc2cccc([N+](=O)[O-])c2)cc(OC)c1OCC(N)=O. The Morgan fingerprint density at radius 1 is 1.26 bits per heavy atom. The molecule has 2 aromatic rings. The van der Waals surface area contributed by atoms with Crippen molar-refractivity contribution < 1.29 is 23.9 Å². The Labute approximate surface area is 154 Å². The molecule has 10 nitrogen and oxygen atoms in total. The maximum absolute atomic E-state index is 10.9. The first-order chi connectivity index (χ1) is 12.9. The maximum atomic E-state index is 10.9. The van der Waals surface area contributed by atoms with E-state index in [-0.39, 0.29) is 18.0 Å². The third-order valence-electron chi connectivity index (χ3n) is 3.31. The van der Waals surface area contributed by atoms with Gasteiger partial charge < -0.3 is 19.9 Å². The molecule has 142 valence electrons. The van der Waals surface area contributed by atoms with Gasteiger partial charge in [0.05, 0.1) is 31.0 Å². The van der Waals surface area contributed by atoms with Gasteiger partial charge in [0.2, 0.25) is 5.75 Å². The molecule has 2 aromatic carbocycles. The summed E-state index contributed by atoms with van der Waals surface area (Å²) in [6.45, 7) is -0.325. The molecule has 27 heavy (non-hydrogen) atoms. The summed E-state index contributed by atoms with van der Waals surface area (Å²) in [5.41, 5.74) is 8.81. The fraction of sp³-hybridized carbons (Fsp3) is 0.176. The van der Waals surface area contributed by atoms with E-state index in [1.54, 1.807) is 24.3 Å². The van der Waals surface area contributed by atoms with Gasteiger partial charge in [-0.15, -0.1) is 0 Å². The molecule has 0 saturated heterocycles. The molecular weight excluding hydrogens is 356 g/mol. The number of nitrogens with one attached hydrogen (secondary N) is 1. The van der Waals surface area contributed by atoms with E-state index < -0.39 is 10.8 Å². The molecule has 2 rings (SSSR count). The minimum atomic E-state index is -0.633. The summed E-state index contributed by atoms with van der Waals surface area (Å²) in [6, 6.07) is 9.18. The molecular formula is C17H18N4O6. The van der Waals surface area contributed by atoms with Crippen molar-refractivity contribution in [3.63, 3.8) is 0 Å². The molecule has 0 saturated carbocycles. The summed E-state index contributed by atoms with van der Waals surface area (Å²) in [6.07, 6.45) is 1.47. The molecule has 0 bridgehead atoms. The Hall–Kier alpha value is -3.82. The molecule has 0 aliphatic heterocycles. The maximum Gasteiger partial charge on any atom is 0.271 e. The summed E-state index contributed by atoms with van der Waals surface area (Å²) in [4.78, 5) is 21.2. The van der Waals surface area contributed by atoms with Crippen molar-refractivity contribution in [2.24, 2.45) is 10.8 Å². The molecule has 0 fully saturated rings. The zero-order chi connectivity index (χ0) is 19.8. The topological polar surface area (TPSA) is 138 Å². The lowest BCUT2D eigenvalue weighted by Crippen LogP contribution is -2.20. The summed E-state index contributed by atoms with van der Waals surface area (Å²) >= 11 is 0. The number of nitro groups is 1. The van der Waals surface area contributed by atoms with Crippen LogP contribution in [0.3, 0.4) is 0 Å². The smallest absolute Gasteiger partial charge is 0.271 e. The zero-order valence-electron chi connectivity index (χ0n) is 14.7. The normalized spacial score (nSPS) is 10.4. The summed E-state index contributed by atoms with van der Waals surface area (Å²) in [5, 5.41) is 14.8. The number of carbonyl (C=O) groups is 1. The van der Waals surface area contributed by atoms with Crippen LogP contribution in [0.25, 0.3) is 0 Å². The average Bonchev–Trinajstić information content (AvgIpc) is 2.66. The van der Waals surface area contributed by atoms with E-state index in [4.69, 9.17) is 19.9 Å². The van der Waals surface area contributed by atoms with Crippen molar-refractivity contribution >= 4 is 23.5 Å². The predicted molar refractivity (Wildman–Crippen MR) is 98.5 cm³/mol. The van der Waals surface area contributed by atoms with Crippen LogP contribution in [0.4, 0.5) is 11.4 Å². The average molecular weight is 374 g/mol. The molecule has 3 N–H and O–H groups in total. The van der Waals surface area contributed by atoms with Gasteiger partial charge in [0.25, 0.3) is 11.6 Å². The third-order valence-corrected chi connectivity index (χ3v) is 3.31. The van der Waals surface area contributed by atoms with Gasteiger partial charge in [-0.1, -0.05) is 6.07 Å². The first-order valence-corrected chi connectivity index (χ1v) is 7.65. The van der Waals surface area contributed by atoms with E-state index in [2.05, 4.69) is 10.5 Å².